The van der Waals surface area contributed by atoms with Crippen LogP contribution < -0.4 is 5.32 Å². The van der Waals surface area contributed by atoms with Gasteiger partial charge in [0.2, 0.25) is 11.8 Å². The summed E-state index contributed by atoms with van der Waals surface area (Å²) in [7, 11) is 0. The van der Waals surface area contributed by atoms with Gasteiger partial charge in [-0.15, -0.1) is 0 Å². The van der Waals surface area contributed by atoms with Gasteiger partial charge < -0.3 is 10.2 Å². The van der Waals surface area contributed by atoms with E-state index in [2.05, 4.69) is 5.32 Å². The molecule has 0 aromatic carbocycles. The molecule has 19 heavy (non-hydrogen) atoms. The first-order chi connectivity index (χ1) is 8.89. The van der Waals surface area contributed by atoms with Crippen molar-refractivity contribution in [3.63, 3.8) is 0 Å². The van der Waals surface area contributed by atoms with Gasteiger partial charge in [-0.2, -0.15) is 11.8 Å². The van der Waals surface area contributed by atoms with E-state index < -0.39 is 6.04 Å². The third-order valence-electron chi connectivity index (χ3n) is 3.86. The average Bonchev–Trinajstić information content (AvgIpc) is 2.50. The Hall–Kier alpha value is -0.710. The lowest BCUT2D eigenvalue weighted by Gasteiger charge is -2.37. The zero-order valence-electron chi connectivity index (χ0n) is 12.1. The van der Waals surface area contributed by atoms with Gasteiger partial charge in [-0.3, -0.25) is 9.59 Å². The second-order valence-electron chi connectivity index (χ2n) is 6.52. The molecule has 0 aromatic rings. The maximum Gasteiger partial charge on any atom is 0.245 e. The number of nitrogens with one attached hydrogen (secondary N) is 1. The third kappa shape index (κ3) is 3.44. The summed E-state index contributed by atoms with van der Waals surface area (Å²) in [6.45, 7) is 6.60. The van der Waals surface area contributed by atoms with Gasteiger partial charge in [0, 0.05) is 24.8 Å². The number of carbonyl (C=O) groups is 2. The van der Waals surface area contributed by atoms with Crippen LogP contribution in [0.5, 0.6) is 0 Å². The molecule has 0 saturated carbocycles. The van der Waals surface area contributed by atoms with Crippen LogP contribution in [-0.4, -0.2) is 46.8 Å². The molecule has 2 aliphatic heterocycles. The van der Waals surface area contributed by atoms with Crippen LogP contribution in [0.4, 0.5) is 0 Å². The Morgan fingerprint density at radius 1 is 1.32 bits per heavy atom. The smallest absolute Gasteiger partial charge is 0.245 e. The quantitative estimate of drug-likeness (QED) is 0.796. The highest BCUT2D eigenvalue weighted by molar-refractivity contribution is 7.99. The van der Waals surface area contributed by atoms with Crippen LogP contribution in [0.15, 0.2) is 0 Å². The summed E-state index contributed by atoms with van der Waals surface area (Å²) in [5, 5.41) is 2.90. The van der Waals surface area contributed by atoms with Crippen molar-refractivity contribution < 1.29 is 9.59 Å². The van der Waals surface area contributed by atoms with E-state index in [4.69, 9.17) is 0 Å². The molecule has 2 saturated heterocycles. The van der Waals surface area contributed by atoms with Crippen molar-refractivity contribution in [3.05, 3.63) is 0 Å². The van der Waals surface area contributed by atoms with Gasteiger partial charge in [-0.1, -0.05) is 20.8 Å². The van der Waals surface area contributed by atoms with E-state index in [-0.39, 0.29) is 17.2 Å². The molecular weight excluding hydrogens is 260 g/mol. The monoisotopic (exact) mass is 284 g/mol. The van der Waals surface area contributed by atoms with Crippen molar-refractivity contribution in [2.45, 2.75) is 52.1 Å². The summed E-state index contributed by atoms with van der Waals surface area (Å²) in [4.78, 5) is 26.5. The van der Waals surface area contributed by atoms with Crippen LogP contribution in [0.3, 0.4) is 0 Å². The Bertz CT molecular complexity index is 359. The predicted octanol–water partition coefficient (Wildman–Crippen LogP) is 1.65. The molecule has 2 fully saturated rings. The minimum atomic E-state index is -0.394. The topological polar surface area (TPSA) is 49.4 Å². The van der Waals surface area contributed by atoms with E-state index in [1.54, 1.807) is 0 Å². The lowest BCUT2D eigenvalue weighted by Crippen LogP contribution is -2.54. The molecular formula is C14H24N2O2S. The zero-order valence-corrected chi connectivity index (χ0v) is 12.9. The van der Waals surface area contributed by atoms with Gasteiger partial charge in [0.25, 0.3) is 0 Å². The lowest BCUT2D eigenvalue weighted by atomic mass is 9.85. The van der Waals surface area contributed by atoms with Crippen LogP contribution in [0.2, 0.25) is 0 Å². The van der Waals surface area contributed by atoms with Crippen LogP contribution >= 0.6 is 11.8 Å². The molecule has 0 spiro atoms. The van der Waals surface area contributed by atoms with Crippen molar-refractivity contribution >= 4 is 23.6 Å². The summed E-state index contributed by atoms with van der Waals surface area (Å²) in [5.41, 5.74) is -0.239. The van der Waals surface area contributed by atoms with Gasteiger partial charge >= 0.3 is 0 Å². The van der Waals surface area contributed by atoms with E-state index in [1.807, 2.05) is 37.4 Å². The Morgan fingerprint density at radius 2 is 2.05 bits per heavy atom. The predicted molar refractivity (Wildman–Crippen MR) is 78.1 cm³/mol. The molecule has 1 N–H and O–H groups in total. The normalized spacial score (nSPS) is 29.9. The van der Waals surface area contributed by atoms with Gasteiger partial charge in [-0.05, 0) is 24.0 Å². The van der Waals surface area contributed by atoms with Crippen molar-refractivity contribution in [2.75, 3.05) is 18.1 Å². The molecule has 2 rings (SSSR count). The second kappa shape index (κ2) is 5.73. The molecule has 0 aliphatic carbocycles. The van der Waals surface area contributed by atoms with Crippen molar-refractivity contribution in [3.8, 4) is 0 Å². The van der Waals surface area contributed by atoms with E-state index in [9.17, 15) is 9.59 Å². The number of amides is 2. The molecule has 4 nitrogen and oxygen atoms in total. The fourth-order valence-corrected chi connectivity index (χ4v) is 3.87. The number of hydrogen-bond donors (Lipinski definition) is 1. The average molecular weight is 284 g/mol. The summed E-state index contributed by atoms with van der Waals surface area (Å²) in [6, 6.07) is -0.0850. The van der Waals surface area contributed by atoms with E-state index in [0.717, 1.165) is 12.2 Å². The molecule has 108 valence electrons. The first kappa shape index (κ1) is 14.7. The summed E-state index contributed by atoms with van der Waals surface area (Å²) >= 11 is 1.92. The first-order valence-corrected chi connectivity index (χ1v) is 8.22. The third-order valence-corrected chi connectivity index (χ3v) is 5.06. The Morgan fingerprint density at radius 3 is 2.63 bits per heavy atom. The van der Waals surface area contributed by atoms with Crippen molar-refractivity contribution in [1.29, 1.82) is 0 Å². The molecule has 2 amide bonds. The SMILES string of the molecule is CC(C)(C)C1NC(=O)CCN(C2CCCSC2)C1=O. The highest BCUT2D eigenvalue weighted by atomic mass is 32.2. The second-order valence-corrected chi connectivity index (χ2v) is 7.67. The molecule has 0 bridgehead atoms. The zero-order chi connectivity index (χ0) is 14.0. The maximum atomic E-state index is 12.7. The first-order valence-electron chi connectivity index (χ1n) is 7.07. The highest BCUT2D eigenvalue weighted by Gasteiger charge is 2.40. The number of nitrogens with zero attached hydrogens (tertiary/aromatic N) is 1. The van der Waals surface area contributed by atoms with Crippen molar-refractivity contribution in [2.24, 2.45) is 5.41 Å². The van der Waals surface area contributed by atoms with Gasteiger partial charge in [-0.25, -0.2) is 0 Å². The number of thioether (sulfide) groups is 1. The van der Waals surface area contributed by atoms with Gasteiger partial charge in [0.1, 0.15) is 6.04 Å². The molecule has 2 atom stereocenters. The molecule has 2 unspecified atom stereocenters. The molecule has 0 radical (unpaired) electrons. The molecule has 2 heterocycles. The van der Waals surface area contributed by atoms with Crippen LogP contribution in [0.25, 0.3) is 0 Å². The van der Waals surface area contributed by atoms with Crippen molar-refractivity contribution in [1.82, 2.24) is 10.2 Å². The van der Waals surface area contributed by atoms with E-state index in [1.165, 1.54) is 12.2 Å². The van der Waals surface area contributed by atoms with E-state index >= 15 is 0 Å². The fraction of sp³-hybridized carbons (Fsp3) is 0.857. The minimum Gasteiger partial charge on any atom is -0.344 e. The lowest BCUT2D eigenvalue weighted by molar-refractivity contribution is -0.138. The Labute approximate surface area is 119 Å². The number of hydrogen-bond acceptors (Lipinski definition) is 3. The summed E-state index contributed by atoms with van der Waals surface area (Å²) in [6.07, 6.45) is 2.67. The van der Waals surface area contributed by atoms with Gasteiger partial charge in [0.05, 0.1) is 0 Å². The fourth-order valence-electron chi connectivity index (χ4n) is 2.71. The van der Waals surface area contributed by atoms with Crippen LogP contribution in [-0.2, 0) is 9.59 Å². The summed E-state index contributed by atoms with van der Waals surface area (Å²) < 4.78 is 0. The summed E-state index contributed by atoms with van der Waals surface area (Å²) in [5.74, 6) is 2.31. The number of carbonyl (C=O) groups excluding carboxylic acids is 2. The number of rotatable bonds is 1. The standard InChI is InChI=1S/C14H24N2O2S/c1-14(2,3)12-13(18)16(7-6-11(17)15-12)10-5-4-8-19-9-10/h10,12H,4-9H2,1-3H3,(H,15,17). The molecule has 5 heteroatoms. The van der Waals surface area contributed by atoms with E-state index in [0.29, 0.717) is 19.0 Å². The van der Waals surface area contributed by atoms with Gasteiger partial charge in [0.15, 0.2) is 0 Å². The molecule has 0 aromatic heterocycles. The Balaban J connectivity index is 2.18. The molecule has 2 aliphatic rings. The Kier molecular flexibility index (Phi) is 4.43. The minimum absolute atomic E-state index is 0.000706. The van der Waals surface area contributed by atoms with Crippen LogP contribution in [0, 0.1) is 5.41 Å². The maximum absolute atomic E-state index is 12.7. The largest absolute Gasteiger partial charge is 0.344 e. The highest BCUT2D eigenvalue weighted by Crippen LogP contribution is 2.27. The van der Waals surface area contributed by atoms with Crippen LogP contribution in [0.1, 0.15) is 40.0 Å².